The molecule has 19 heavy (non-hydrogen) atoms. The topological polar surface area (TPSA) is 99.0 Å². The smallest absolute Gasteiger partial charge is 0.306 e. The Balaban J connectivity index is 1.88. The quantitative estimate of drug-likeness (QED) is 0.478. The van der Waals surface area contributed by atoms with Crippen molar-refractivity contribution in [2.24, 2.45) is 7.05 Å². The molecule has 0 aliphatic heterocycles. The molecule has 102 valence electrons. The molecule has 0 saturated heterocycles. The van der Waals surface area contributed by atoms with Crippen LogP contribution < -0.4 is 0 Å². The molecule has 2 aromatic rings. The van der Waals surface area contributed by atoms with Crippen molar-refractivity contribution in [3.63, 3.8) is 0 Å². The first-order chi connectivity index (χ1) is 9.11. The first kappa shape index (κ1) is 13.6. The third-order valence-electron chi connectivity index (χ3n) is 2.59. The maximum absolute atomic E-state index is 10.5. The summed E-state index contributed by atoms with van der Waals surface area (Å²) < 4.78 is 3.34. The lowest BCUT2D eigenvalue weighted by Gasteiger charge is -2.03. The van der Waals surface area contributed by atoms with E-state index >= 15 is 0 Å². The van der Waals surface area contributed by atoms with E-state index in [-0.39, 0.29) is 12.3 Å². The molecule has 8 nitrogen and oxygen atoms in total. The van der Waals surface area contributed by atoms with Gasteiger partial charge in [-0.25, -0.2) is 4.98 Å². The van der Waals surface area contributed by atoms with Gasteiger partial charge in [-0.15, -0.1) is 0 Å². The number of aliphatic hydroxyl groups is 1. The summed E-state index contributed by atoms with van der Waals surface area (Å²) in [6, 6.07) is 0. The average molecular weight is 283 g/mol. The second-order valence-corrected chi connectivity index (χ2v) is 4.88. The fraction of sp³-hybridized carbons (Fsp3) is 0.400. The van der Waals surface area contributed by atoms with Crippen LogP contribution in [0.2, 0.25) is 0 Å². The Bertz CT molecular complexity index is 579. The molecule has 0 aliphatic rings. The largest absolute Gasteiger partial charge is 0.390 e. The number of imidazole rings is 1. The summed E-state index contributed by atoms with van der Waals surface area (Å²) in [7, 11) is 1.83. The second kappa shape index (κ2) is 5.85. The predicted octanol–water partition coefficient (Wildman–Crippen LogP) is 0.809. The number of hydrogen-bond donors (Lipinski definition) is 1. The van der Waals surface area contributed by atoms with Gasteiger partial charge in [0.15, 0.2) is 5.16 Å². The fourth-order valence-corrected chi connectivity index (χ4v) is 2.41. The Hall–Kier alpha value is -1.87. The molecular formula is C10H13N5O3S. The third-order valence-corrected chi connectivity index (χ3v) is 3.61. The van der Waals surface area contributed by atoms with Crippen LogP contribution in [0.3, 0.4) is 0 Å². The summed E-state index contributed by atoms with van der Waals surface area (Å²) in [5.41, 5.74) is 0.738. The van der Waals surface area contributed by atoms with Crippen molar-refractivity contribution in [3.05, 3.63) is 34.4 Å². The van der Waals surface area contributed by atoms with E-state index in [0.29, 0.717) is 12.3 Å². The minimum absolute atomic E-state index is 0.00967. The molecule has 0 radical (unpaired) electrons. The van der Waals surface area contributed by atoms with Crippen LogP contribution >= 0.6 is 11.8 Å². The van der Waals surface area contributed by atoms with E-state index < -0.39 is 4.92 Å². The van der Waals surface area contributed by atoms with Crippen molar-refractivity contribution in [2.45, 2.75) is 18.3 Å². The van der Waals surface area contributed by atoms with Crippen LogP contribution in [0.4, 0.5) is 5.69 Å². The van der Waals surface area contributed by atoms with Crippen LogP contribution in [-0.4, -0.2) is 35.1 Å². The maximum Gasteiger partial charge on any atom is 0.306 e. The second-order valence-electron chi connectivity index (χ2n) is 3.82. The maximum atomic E-state index is 10.5. The molecule has 0 aromatic carbocycles. The Labute approximate surface area is 113 Å². The van der Waals surface area contributed by atoms with Gasteiger partial charge in [-0.3, -0.25) is 14.8 Å². The number of aliphatic hydroxyl groups excluding tert-OH is 1. The predicted molar refractivity (Wildman–Crippen MR) is 68.7 cm³/mol. The van der Waals surface area contributed by atoms with E-state index in [9.17, 15) is 10.1 Å². The van der Waals surface area contributed by atoms with Gasteiger partial charge in [-0.05, 0) is 0 Å². The van der Waals surface area contributed by atoms with Gasteiger partial charge in [-0.2, -0.15) is 5.10 Å². The normalized spacial score (nSPS) is 10.8. The van der Waals surface area contributed by atoms with Gasteiger partial charge in [0.2, 0.25) is 0 Å². The summed E-state index contributed by atoms with van der Waals surface area (Å²) in [5.74, 6) is 0.689. The fourth-order valence-electron chi connectivity index (χ4n) is 1.51. The van der Waals surface area contributed by atoms with Gasteiger partial charge in [0.05, 0.1) is 30.0 Å². The number of nitrogens with zero attached hydrogens (tertiary/aromatic N) is 5. The molecule has 0 atom stereocenters. The summed E-state index contributed by atoms with van der Waals surface area (Å²) in [5, 5.41) is 24.2. The zero-order valence-electron chi connectivity index (χ0n) is 10.3. The van der Waals surface area contributed by atoms with E-state index in [2.05, 4.69) is 10.1 Å². The van der Waals surface area contributed by atoms with Gasteiger partial charge in [-0.1, -0.05) is 11.8 Å². The molecule has 2 aromatic heterocycles. The van der Waals surface area contributed by atoms with Crippen molar-refractivity contribution in [1.82, 2.24) is 19.3 Å². The number of rotatable bonds is 6. The molecule has 0 unspecified atom stereocenters. The summed E-state index contributed by atoms with van der Waals surface area (Å²) >= 11 is 1.51. The van der Waals surface area contributed by atoms with Gasteiger partial charge >= 0.3 is 5.69 Å². The number of thioether (sulfide) groups is 1. The molecule has 9 heteroatoms. The van der Waals surface area contributed by atoms with Gasteiger partial charge in [0.1, 0.15) is 12.4 Å². The van der Waals surface area contributed by atoms with Crippen LogP contribution in [0.15, 0.2) is 23.7 Å². The molecule has 2 heterocycles. The van der Waals surface area contributed by atoms with Crippen molar-refractivity contribution >= 4 is 17.4 Å². The molecule has 0 saturated carbocycles. The van der Waals surface area contributed by atoms with Crippen molar-refractivity contribution < 1.29 is 10.0 Å². The highest BCUT2D eigenvalue weighted by Gasteiger charge is 2.09. The van der Waals surface area contributed by atoms with E-state index in [1.165, 1.54) is 28.8 Å². The average Bonchev–Trinajstić information content (AvgIpc) is 2.98. The lowest BCUT2D eigenvalue weighted by Crippen LogP contribution is -2.02. The van der Waals surface area contributed by atoms with Crippen LogP contribution in [-0.2, 0) is 20.2 Å². The number of nitro groups is 1. The molecule has 0 fully saturated rings. The number of aryl methyl sites for hydroxylation is 1. The van der Waals surface area contributed by atoms with E-state index in [4.69, 9.17) is 5.11 Å². The van der Waals surface area contributed by atoms with Crippen molar-refractivity contribution in [1.29, 1.82) is 0 Å². The van der Waals surface area contributed by atoms with Crippen LogP contribution in [0.1, 0.15) is 5.69 Å². The highest BCUT2D eigenvalue weighted by molar-refractivity contribution is 7.99. The van der Waals surface area contributed by atoms with Gasteiger partial charge < -0.3 is 9.67 Å². The minimum atomic E-state index is -0.469. The molecule has 0 bridgehead atoms. The Morgan fingerprint density at radius 1 is 1.53 bits per heavy atom. The number of aromatic nitrogens is 4. The zero-order valence-corrected chi connectivity index (χ0v) is 11.1. The van der Waals surface area contributed by atoms with E-state index in [1.54, 1.807) is 6.20 Å². The molecule has 0 spiro atoms. The lowest BCUT2D eigenvalue weighted by atomic mass is 10.5. The lowest BCUT2D eigenvalue weighted by molar-refractivity contribution is -0.385. The van der Waals surface area contributed by atoms with Gasteiger partial charge in [0, 0.05) is 12.8 Å². The van der Waals surface area contributed by atoms with Crippen LogP contribution in [0, 0.1) is 10.1 Å². The molecular weight excluding hydrogens is 270 g/mol. The highest BCUT2D eigenvalue weighted by Crippen LogP contribution is 2.18. The van der Waals surface area contributed by atoms with Crippen molar-refractivity contribution in [2.75, 3.05) is 5.75 Å². The third kappa shape index (κ3) is 3.12. The first-order valence-electron chi connectivity index (χ1n) is 5.53. The molecule has 0 amide bonds. The molecule has 0 aliphatic carbocycles. The SMILES string of the molecule is Cn1c(CO)cnc1SCCn1cc([N+](=O)[O-])cn1. The van der Waals surface area contributed by atoms with E-state index in [1.807, 2.05) is 11.6 Å². The monoisotopic (exact) mass is 283 g/mol. The first-order valence-corrected chi connectivity index (χ1v) is 6.51. The standard InChI is InChI=1S/C10H13N5O3S/c1-13-9(7-16)4-11-10(13)19-3-2-14-6-8(5-12-14)15(17)18/h4-6,16H,2-3,7H2,1H3. The molecule has 2 rings (SSSR count). The molecule has 1 N–H and O–H groups in total. The Morgan fingerprint density at radius 3 is 2.89 bits per heavy atom. The Morgan fingerprint density at radius 2 is 2.32 bits per heavy atom. The summed E-state index contributed by atoms with van der Waals surface area (Å²) in [6.45, 7) is 0.509. The summed E-state index contributed by atoms with van der Waals surface area (Å²) in [6.07, 6.45) is 4.26. The minimum Gasteiger partial charge on any atom is -0.390 e. The highest BCUT2D eigenvalue weighted by atomic mass is 32.2. The zero-order chi connectivity index (χ0) is 13.8. The van der Waals surface area contributed by atoms with Crippen molar-refractivity contribution in [3.8, 4) is 0 Å². The summed E-state index contributed by atoms with van der Waals surface area (Å²) in [4.78, 5) is 14.2. The Kier molecular flexibility index (Phi) is 4.17. The number of hydrogen-bond acceptors (Lipinski definition) is 6. The van der Waals surface area contributed by atoms with E-state index in [0.717, 1.165) is 10.9 Å². The van der Waals surface area contributed by atoms with Gasteiger partial charge in [0.25, 0.3) is 0 Å². The van der Waals surface area contributed by atoms with Crippen LogP contribution in [0.5, 0.6) is 0 Å². The van der Waals surface area contributed by atoms with Crippen LogP contribution in [0.25, 0.3) is 0 Å².